The second kappa shape index (κ2) is 9.99. The van der Waals surface area contributed by atoms with Gasteiger partial charge in [-0.3, -0.25) is 14.4 Å². The zero-order valence-electron chi connectivity index (χ0n) is 18.7. The van der Waals surface area contributed by atoms with Crippen molar-refractivity contribution in [3.63, 3.8) is 0 Å². The van der Waals surface area contributed by atoms with Gasteiger partial charge in [0.15, 0.2) is 5.69 Å². The minimum Gasteiger partial charge on any atom is -0.497 e. The maximum Gasteiger partial charge on any atom is 0.278 e. The Morgan fingerprint density at radius 1 is 1.15 bits per heavy atom. The SMILES string of the molecule is COCCn1ccc(OC)c(N2C[C@@H](c3c(F)cc(OC)cc3F)[C@H](NC(C)=O)C2=O)c1=O. The number of hydrogen-bond acceptors (Lipinski definition) is 6. The number of nitrogens with zero attached hydrogens (tertiary/aromatic N) is 2. The second-order valence-corrected chi connectivity index (χ2v) is 7.46. The van der Waals surface area contributed by atoms with Crippen LogP contribution in [-0.4, -0.2) is 56.9 Å². The van der Waals surface area contributed by atoms with Gasteiger partial charge in [0.2, 0.25) is 5.91 Å². The highest BCUT2D eigenvalue weighted by molar-refractivity contribution is 6.03. The molecule has 11 heteroatoms. The molecule has 0 radical (unpaired) electrons. The van der Waals surface area contributed by atoms with Crippen LogP contribution in [-0.2, 0) is 20.9 Å². The average Bonchev–Trinajstić information content (AvgIpc) is 3.07. The first-order valence-corrected chi connectivity index (χ1v) is 10.1. The molecule has 3 rings (SSSR count). The number of aromatic nitrogens is 1. The molecule has 1 aromatic heterocycles. The molecule has 1 N–H and O–H groups in total. The van der Waals surface area contributed by atoms with Crippen LogP contribution in [0.4, 0.5) is 14.5 Å². The number of rotatable bonds is 8. The number of methoxy groups -OCH3 is 3. The fourth-order valence-corrected chi connectivity index (χ4v) is 3.93. The number of carbonyl (C=O) groups excluding carboxylic acids is 2. The Morgan fingerprint density at radius 3 is 2.36 bits per heavy atom. The van der Waals surface area contributed by atoms with Crippen molar-refractivity contribution in [3.05, 3.63) is 51.9 Å². The number of halogens is 2. The number of hydrogen-bond donors (Lipinski definition) is 1. The summed E-state index contributed by atoms with van der Waals surface area (Å²) in [5.74, 6) is -4.14. The van der Waals surface area contributed by atoms with Crippen molar-refractivity contribution >= 4 is 17.5 Å². The Bertz CT molecular complexity index is 1100. The molecule has 0 aliphatic carbocycles. The van der Waals surface area contributed by atoms with Crippen LogP contribution in [0.2, 0.25) is 0 Å². The lowest BCUT2D eigenvalue weighted by molar-refractivity contribution is -0.125. The van der Waals surface area contributed by atoms with Crippen LogP contribution in [0.5, 0.6) is 11.5 Å². The average molecular weight is 465 g/mol. The molecular weight excluding hydrogens is 440 g/mol. The molecule has 9 nitrogen and oxygen atoms in total. The lowest BCUT2D eigenvalue weighted by Gasteiger charge is -2.20. The van der Waals surface area contributed by atoms with Gasteiger partial charge in [0.25, 0.3) is 11.5 Å². The van der Waals surface area contributed by atoms with E-state index in [0.29, 0.717) is 0 Å². The van der Waals surface area contributed by atoms with E-state index < -0.39 is 41.0 Å². The van der Waals surface area contributed by atoms with E-state index in [2.05, 4.69) is 5.32 Å². The van der Waals surface area contributed by atoms with E-state index in [0.717, 1.165) is 17.0 Å². The number of nitrogens with one attached hydrogen (secondary N) is 1. The molecule has 2 aromatic rings. The van der Waals surface area contributed by atoms with Gasteiger partial charge in [-0.1, -0.05) is 0 Å². The third-order valence-electron chi connectivity index (χ3n) is 5.46. The van der Waals surface area contributed by atoms with Gasteiger partial charge in [0, 0.05) is 56.9 Å². The van der Waals surface area contributed by atoms with E-state index >= 15 is 0 Å². The Kier molecular flexibility index (Phi) is 7.32. The fourth-order valence-electron chi connectivity index (χ4n) is 3.93. The molecule has 1 aliphatic rings. The first kappa shape index (κ1) is 24.2. The third-order valence-corrected chi connectivity index (χ3v) is 5.46. The van der Waals surface area contributed by atoms with Crippen LogP contribution in [0.1, 0.15) is 18.4 Å². The molecule has 0 bridgehead atoms. The van der Waals surface area contributed by atoms with Crippen molar-refractivity contribution in [1.82, 2.24) is 9.88 Å². The van der Waals surface area contributed by atoms with E-state index in [1.807, 2.05) is 0 Å². The van der Waals surface area contributed by atoms with Gasteiger partial charge in [-0.25, -0.2) is 8.78 Å². The molecule has 178 valence electrons. The summed E-state index contributed by atoms with van der Waals surface area (Å²) in [6, 6.07) is 2.21. The van der Waals surface area contributed by atoms with Gasteiger partial charge in [-0.15, -0.1) is 0 Å². The van der Waals surface area contributed by atoms with E-state index in [-0.39, 0.29) is 42.4 Å². The van der Waals surface area contributed by atoms with Crippen LogP contribution in [0, 0.1) is 11.6 Å². The molecule has 1 saturated heterocycles. The van der Waals surface area contributed by atoms with Crippen LogP contribution < -0.4 is 25.2 Å². The number of ether oxygens (including phenoxy) is 3. The minimum atomic E-state index is -1.29. The van der Waals surface area contributed by atoms with Crippen molar-refractivity contribution < 1.29 is 32.6 Å². The molecule has 1 fully saturated rings. The summed E-state index contributed by atoms with van der Waals surface area (Å²) in [4.78, 5) is 39.4. The van der Waals surface area contributed by atoms with Crippen molar-refractivity contribution in [3.8, 4) is 11.5 Å². The Labute approximate surface area is 188 Å². The summed E-state index contributed by atoms with van der Waals surface area (Å²) < 4.78 is 46.3. The van der Waals surface area contributed by atoms with Crippen LogP contribution in [0.25, 0.3) is 0 Å². The molecular formula is C22H25F2N3O6. The Morgan fingerprint density at radius 2 is 1.82 bits per heavy atom. The quantitative estimate of drug-likeness (QED) is 0.633. The van der Waals surface area contributed by atoms with Gasteiger partial charge in [0.05, 0.1) is 20.8 Å². The van der Waals surface area contributed by atoms with Gasteiger partial charge in [-0.2, -0.15) is 0 Å². The predicted octanol–water partition coefficient (Wildman–Crippen LogP) is 1.43. The molecule has 0 saturated carbocycles. The lowest BCUT2D eigenvalue weighted by atomic mass is 9.92. The maximum absolute atomic E-state index is 14.9. The number of benzene rings is 1. The smallest absolute Gasteiger partial charge is 0.278 e. The fraction of sp³-hybridized carbons (Fsp3) is 0.409. The normalized spacial score (nSPS) is 17.9. The van der Waals surface area contributed by atoms with Gasteiger partial charge in [-0.05, 0) is 6.07 Å². The summed E-state index contributed by atoms with van der Waals surface area (Å²) in [5.41, 5.74) is -1.02. The van der Waals surface area contributed by atoms with Gasteiger partial charge >= 0.3 is 0 Å². The standard InChI is InChI=1S/C22H25F2N3O6/c1-12(28)25-19-14(18-15(23)9-13(32-3)10-16(18)24)11-27(21(19)29)20-17(33-4)5-6-26(22(20)30)7-8-31-2/h5-6,9-10,14,19H,7-8,11H2,1-4H3,(H,25,28)/t14-,19-/m0/s1. The molecule has 0 spiro atoms. The highest BCUT2D eigenvalue weighted by Crippen LogP contribution is 2.37. The topological polar surface area (TPSA) is 99.1 Å². The Hall–Kier alpha value is -3.47. The van der Waals surface area contributed by atoms with Crippen molar-refractivity contribution in [1.29, 1.82) is 0 Å². The molecule has 33 heavy (non-hydrogen) atoms. The molecule has 1 aliphatic heterocycles. The molecule has 0 unspecified atom stereocenters. The number of anilines is 1. The monoisotopic (exact) mass is 465 g/mol. The predicted molar refractivity (Wildman–Crippen MR) is 115 cm³/mol. The van der Waals surface area contributed by atoms with Crippen LogP contribution in [0.3, 0.4) is 0 Å². The van der Waals surface area contributed by atoms with Gasteiger partial charge in [0.1, 0.15) is 29.2 Å². The minimum absolute atomic E-state index is 0.0308. The van der Waals surface area contributed by atoms with Crippen molar-refractivity contribution in [2.45, 2.75) is 25.4 Å². The summed E-state index contributed by atoms with van der Waals surface area (Å²) in [5, 5.41) is 2.46. The number of carbonyl (C=O) groups is 2. The first-order chi connectivity index (χ1) is 15.7. The number of pyridine rings is 1. The highest BCUT2D eigenvalue weighted by Gasteiger charge is 2.46. The zero-order chi connectivity index (χ0) is 24.3. The molecule has 1 aromatic carbocycles. The molecule has 2 heterocycles. The van der Waals surface area contributed by atoms with Crippen LogP contribution in [0.15, 0.2) is 29.2 Å². The maximum atomic E-state index is 14.9. The van der Waals surface area contributed by atoms with Crippen molar-refractivity contribution in [2.24, 2.45) is 0 Å². The van der Waals surface area contributed by atoms with Gasteiger partial charge < -0.3 is 29.0 Å². The zero-order valence-corrected chi connectivity index (χ0v) is 18.7. The number of amides is 2. The van der Waals surface area contributed by atoms with Crippen molar-refractivity contribution in [2.75, 3.05) is 39.4 Å². The van der Waals surface area contributed by atoms with Crippen LogP contribution >= 0.6 is 0 Å². The summed E-state index contributed by atoms with van der Waals surface area (Å²) >= 11 is 0. The second-order valence-electron chi connectivity index (χ2n) is 7.46. The molecule has 2 atom stereocenters. The van der Waals surface area contributed by atoms with E-state index in [4.69, 9.17) is 14.2 Å². The summed E-state index contributed by atoms with van der Waals surface area (Å²) in [7, 11) is 4.09. The van der Waals surface area contributed by atoms with E-state index in [1.54, 1.807) is 0 Å². The first-order valence-electron chi connectivity index (χ1n) is 10.1. The largest absolute Gasteiger partial charge is 0.497 e. The highest BCUT2D eigenvalue weighted by atomic mass is 19.1. The Balaban J connectivity index is 2.13. The third kappa shape index (κ3) is 4.68. The summed E-state index contributed by atoms with van der Waals surface area (Å²) in [6.07, 6.45) is 1.50. The lowest BCUT2D eigenvalue weighted by Crippen LogP contribution is -2.44. The van der Waals surface area contributed by atoms with E-state index in [9.17, 15) is 23.2 Å². The van der Waals surface area contributed by atoms with E-state index in [1.165, 1.54) is 45.1 Å². The summed E-state index contributed by atoms with van der Waals surface area (Å²) in [6.45, 7) is 1.39. The molecule has 2 amide bonds.